The highest BCUT2D eigenvalue weighted by Gasteiger charge is 2.18. The fraction of sp³-hybridized carbons (Fsp3) is 0.333. The van der Waals surface area contributed by atoms with Crippen LogP contribution in [0.5, 0.6) is 0 Å². The lowest BCUT2D eigenvalue weighted by atomic mass is 10.1. The number of rotatable bonds is 5. The average Bonchev–Trinajstić information content (AvgIpc) is 3.20. The van der Waals surface area contributed by atoms with Crippen molar-refractivity contribution in [1.29, 1.82) is 0 Å². The third-order valence-corrected chi connectivity index (χ3v) is 4.87. The number of nitrogens with two attached hydrogens (primary N) is 1. The van der Waals surface area contributed by atoms with Crippen molar-refractivity contribution in [2.45, 2.75) is 19.5 Å². The molecule has 1 aromatic heterocycles. The van der Waals surface area contributed by atoms with E-state index in [0.29, 0.717) is 11.7 Å². The molecule has 3 aromatic rings. The Bertz CT molecular complexity index is 874. The lowest BCUT2D eigenvalue weighted by molar-refractivity contribution is 0.0342. The van der Waals surface area contributed by atoms with Crippen molar-refractivity contribution in [1.82, 2.24) is 15.0 Å². The number of ether oxygens (including phenoxy) is 1. The van der Waals surface area contributed by atoms with Crippen molar-refractivity contribution in [2.75, 3.05) is 26.3 Å². The van der Waals surface area contributed by atoms with Gasteiger partial charge in [0, 0.05) is 25.2 Å². The summed E-state index contributed by atoms with van der Waals surface area (Å²) in [6, 6.07) is 15.9. The highest BCUT2D eigenvalue weighted by atomic mass is 35.5. The van der Waals surface area contributed by atoms with E-state index in [2.05, 4.69) is 27.2 Å². The van der Waals surface area contributed by atoms with E-state index in [0.717, 1.165) is 44.0 Å². The van der Waals surface area contributed by atoms with Crippen molar-refractivity contribution < 1.29 is 9.26 Å². The second-order valence-electron chi connectivity index (χ2n) is 6.93. The van der Waals surface area contributed by atoms with Crippen LogP contribution in [0.1, 0.15) is 28.6 Å². The molecule has 1 saturated heterocycles. The van der Waals surface area contributed by atoms with Crippen LogP contribution < -0.4 is 5.73 Å². The summed E-state index contributed by atoms with van der Waals surface area (Å²) in [5.41, 5.74) is 10.6. The number of hydrogen-bond acceptors (Lipinski definition) is 6. The molecule has 1 atom stereocenters. The first-order valence-electron chi connectivity index (χ1n) is 9.24. The number of benzene rings is 2. The van der Waals surface area contributed by atoms with Gasteiger partial charge in [-0.3, -0.25) is 4.90 Å². The van der Waals surface area contributed by atoms with Crippen LogP contribution >= 0.6 is 12.4 Å². The Labute approximate surface area is 171 Å². The maximum Gasteiger partial charge on any atom is 0.248 e. The minimum atomic E-state index is -0.424. The quantitative estimate of drug-likeness (QED) is 0.707. The Morgan fingerprint density at radius 1 is 1.04 bits per heavy atom. The zero-order valence-corrected chi connectivity index (χ0v) is 16.7. The number of nitrogens with zero attached hydrogens (tertiary/aromatic N) is 3. The minimum Gasteiger partial charge on any atom is -0.379 e. The van der Waals surface area contributed by atoms with Crippen LogP contribution in [0.2, 0.25) is 0 Å². The highest BCUT2D eigenvalue weighted by Crippen LogP contribution is 2.23. The fourth-order valence-electron chi connectivity index (χ4n) is 3.17. The lowest BCUT2D eigenvalue weighted by Gasteiger charge is -2.26. The molecule has 148 valence electrons. The molecule has 0 saturated carbocycles. The molecule has 1 unspecified atom stereocenters. The van der Waals surface area contributed by atoms with Gasteiger partial charge in [-0.1, -0.05) is 59.3 Å². The molecule has 1 aliphatic rings. The molecule has 2 aromatic carbocycles. The number of aryl methyl sites for hydroxylation is 1. The van der Waals surface area contributed by atoms with E-state index in [1.165, 1.54) is 11.1 Å². The molecule has 4 rings (SSSR count). The van der Waals surface area contributed by atoms with E-state index in [1.54, 1.807) is 0 Å². The molecule has 1 aliphatic heterocycles. The van der Waals surface area contributed by atoms with Crippen LogP contribution in [0.4, 0.5) is 0 Å². The summed E-state index contributed by atoms with van der Waals surface area (Å²) >= 11 is 0. The summed E-state index contributed by atoms with van der Waals surface area (Å²) in [6.07, 6.45) is 0. The van der Waals surface area contributed by atoms with Gasteiger partial charge in [0.2, 0.25) is 11.7 Å². The van der Waals surface area contributed by atoms with Crippen LogP contribution in [-0.4, -0.2) is 41.3 Å². The lowest BCUT2D eigenvalue weighted by Crippen LogP contribution is -2.35. The topological polar surface area (TPSA) is 77.4 Å². The predicted octanol–water partition coefficient (Wildman–Crippen LogP) is 3.35. The molecule has 0 amide bonds. The van der Waals surface area contributed by atoms with Crippen LogP contribution in [0.25, 0.3) is 11.4 Å². The fourth-order valence-corrected chi connectivity index (χ4v) is 3.17. The molecule has 7 heteroatoms. The van der Waals surface area contributed by atoms with Gasteiger partial charge in [0.1, 0.15) is 6.04 Å². The van der Waals surface area contributed by atoms with Gasteiger partial charge in [0.15, 0.2) is 0 Å². The molecule has 0 spiro atoms. The van der Waals surface area contributed by atoms with Crippen molar-refractivity contribution in [3.63, 3.8) is 0 Å². The second-order valence-corrected chi connectivity index (χ2v) is 6.93. The number of aromatic nitrogens is 2. The first-order chi connectivity index (χ1) is 13.2. The Morgan fingerprint density at radius 3 is 2.39 bits per heavy atom. The standard InChI is InChI=1S/C21H24N4O2.ClH/c1-15-2-6-17(7-3-15)19(22)21-23-20(24-27-21)18-8-4-16(5-9-18)14-25-10-12-26-13-11-25;/h2-9,19H,10-14,22H2,1H3;1H. The number of halogens is 1. The zero-order valence-electron chi connectivity index (χ0n) is 15.9. The van der Waals surface area contributed by atoms with Gasteiger partial charge in [-0.25, -0.2) is 0 Å². The molecule has 6 nitrogen and oxygen atoms in total. The number of hydrogen-bond donors (Lipinski definition) is 1. The summed E-state index contributed by atoms with van der Waals surface area (Å²) in [4.78, 5) is 6.89. The molecule has 0 bridgehead atoms. The van der Waals surface area contributed by atoms with Crippen molar-refractivity contribution in [3.8, 4) is 11.4 Å². The van der Waals surface area contributed by atoms with Gasteiger partial charge in [-0.2, -0.15) is 4.98 Å². The third-order valence-electron chi connectivity index (χ3n) is 4.87. The van der Waals surface area contributed by atoms with Crippen LogP contribution in [0.3, 0.4) is 0 Å². The smallest absolute Gasteiger partial charge is 0.248 e. The van der Waals surface area contributed by atoms with Crippen molar-refractivity contribution in [2.24, 2.45) is 5.73 Å². The van der Waals surface area contributed by atoms with E-state index in [-0.39, 0.29) is 12.4 Å². The van der Waals surface area contributed by atoms with Crippen molar-refractivity contribution >= 4 is 12.4 Å². The molecule has 0 radical (unpaired) electrons. The first kappa shape index (κ1) is 20.5. The highest BCUT2D eigenvalue weighted by molar-refractivity contribution is 5.85. The third kappa shape index (κ3) is 4.77. The first-order valence-corrected chi connectivity index (χ1v) is 9.24. The van der Waals surface area contributed by atoms with Crippen molar-refractivity contribution in [3.05, 3.63) is 71.1 Å². The van der Waals surface area contributed by atoms with Gasteiger partial charge >= 0.3 is 0 Å². The molecular weight excluding hydrogens is 376 g/mol. The molecule has 0 aliphatic carbocycles. The van der Waals surface area contributed by atoms with Crippen LogP contribution in [-0.2, 0) is 11.3 Å². The average molecular weight is 401 g/mol. The van der Waals surface area contributed by atoms with E-state index < -0.39 is 6.04 Å². The Kier molecular flexibility index (Phi) is 6.80. The summed E-state index contributed by atoms with van der Waals surface area (Å²) in [7, 11) is 0. The molecule has 2 heterocycles. The largest absolute Gasteiger partial charge is 0.379 e. The Morgan fingerprint density at radius 2 is 1.71 bits per heavy atom. The van der Waals surface area contributed by atoms with Gasteiger partial charge < -0.3 is 15.0 Å². The maximum atomic E-state index is 6.27. The molecule has 1 fully saturated rings. The van der Waals surface area contributed by atoms with E-state index in [9.17, 15) is 0 Å². The zero-order chi connectivity index (χ0) is 18.6. The van der Waals surface area contributed by atoms with E-state index >= 15 is 0 Å². The van der Waals surface area contributed by atoms with Gasteiger partial charge in [0.05, 0.1) is 13.2 Å². The predicted molar refractivity (Wildman–Crippen MR) is 110 cm³/mol. The van der Waals surface area contributed by atoms with Crippen LogP contribution in [0.15, 0.2) is 53.1 Å². The molecule has 2 N–H and O–H groups in total. The van der Waals surface area contributed by atoms with E-state index in [1.807, 2.05) is 43.3 Å². The maximum absolute atomic E-state index is 6.27. The van der Waals surface area contributed by atoms with E-state index in [4.69, 9.17) is 15.0 Å². The monoisotopic (exact) mass is 400 g/mol. The summed E-state index contributed by atoms with van der Waals surface area (Å²) in [5.74, 6) is 0.983. The normalized spacial score (nSPS) is 15.8. The second kappa shape index (κ2) is 9.30. The Hall–Kier alpha value is -2.25. The Balaban J connectivity index is 0.00000225. The summed E-state index contributed by atoms with van der Waals surface area (Å²) < 4.78 is 10.8. The van der Waals surface area contributed by atoms with Gasteiger partial charge in [-0.05, 0) is 18.1 Å². The molecular formula is C21H25ClN4O2. The summed E-state index contributed by atoms with van der Waals surface area (Å²) in [5, 5.41) is 4.10. The van der Waals surface area contributed by atoms with Gasteiger partial charge in [-0.15, -0.1) is 12.4 Å². The van der Waals surface area contributed by atoms with Gasteiger partial charge in [0.25, 0.3) is 0 Å². The summed E-state index contributed by atoms with van der Waals surface area (Å²) in [6.45, 7) is 6.55. The SMILES string of the molecule is Cc1ccc(C(N)c2nc(-c3ccc(CN4CCOCC4)cc3)no2)cc1.Cl. The minimum absolute atomic E-state index is 0. The number of morpholine rings is 1. The molecule has 28 heavy (non-hydrogen) atoms. The van der Waals surface area contributed by atoms with Crippen LogP contribution in [0, 0.1) is 6.92 Å².